The zero-order chi connectivity index (χ0) is 18.1. The molecule has 0 aliphatic carbocycles. The second kappa shape index (κ2) is 6.92. The predicted octanol–water partition coefficient (Wildman–Crippen LogP) is 3.54. The fourth-order valence-electron chi connectivity index (χ4n) is 2.87. The smallest absolute Gasteiger partial charge is 0.393 e. The van der Waals surface area contributed by atoms with Gasteiger partial charge < -0.3 is 9.84 Å². The summed E-state index contributed by atoms with van der Waals surface area (Å²) in [6.07, 6.45) is -4.59. The van der Waals surface area contributed by atoms with Crippen molar-refractivity contribution in [2.75, 3.05) is 13.1 Å². The van der Waals surface area contributed by atoms with Crippen molar-refractivity contribution in [1.29, 1.82) is 0 Å². The van der Waals surface area contributed by atoms with E-state index in [2.05, 4.69) is 4.74 Å². The van der Waals surface area contributed by atoms with E-state index in [1.54, 1.807) is 6.92 Å². The van der Waals surface area contributed by atoms with E-state index in [9.17, 15) is 26.7 Å². The molecule has 1 aliphatic heterocycles. The first-order chi connectivity index (χ1) is 11.1. The van der Waals surface area contributed by atoms with Gasteiger partial charge in [-0.1, -0.05) is 12.1 Å². The van der Waals surface area contributed by atoms with Crippen molar-refractivity contribution in [1.82, 2.24) is 4.90 Å². The summed E-state index contributed by atoms with van der Waals surface area (Å²) >= 11 is 0. The highest BCUT2D eigenvalue weighted by Gasteiger charge is 2.53. The van der Waals surface area contributed by atoms with E-state index >= 15 is 0 Å². The molecule has 1 fully saturated rings. The predicted molar refractivity (Wildman–Crippen MR) is 73.7 cm³/mol. The van der Waals surface area contributed by atoms with E-state index < -0.39 is 43.2 Å². The lowest BCUT2D eigenvalue weighted by Gasteiger charge is -2.25. The molecule has 24 heavy (non-hydrogen) atoms. The minimum atomic E-state index is -4.59. The van der Waals surface area contributed by atoms with Crippen LogP contribution in [0.3, 0.4) is 0 Å². The molecule has 1 heterocycles. The number of likely N-dealkylation sites (tertiary alicyclic amines) is 1. The molecule has 1 aliphatic rings. The SMILES string of the molecule is CC(c1ccc(OC(F)F)cc1)N1C[C@@H](C(F)(F)F)[C@H](C(=O)O)C1. The average Bonchev–Trinajstić information content (AvgIpc) is 2.92. The molecule has 0 amide bonds. The minimum Gasteiger partial charge on any atom is -0.481 e. The largest absolute Gasteiger partial charge is 0.481 e. The lowest BCUT2D eigenvalue weighted by Crippen LogP contribution is -2.33. The van der Waals surface area contributed by atoms with E-state index in [0.717, 1.165) is 0 Å². The van der Waals surface area contributed by atoms with Crippen LogP contribution in [0, 0.1) is 11.8 Å². The van der Waals surface area contributed by atoms with Gasteiger partial charge in [-0.3, -0.25) is 9.69 Å². The first-order valence-electron chi connectivity index (χ1n) is 7.18. The Morgan fingerprint density at radius 3 is 2.25 bits per heavy atom. The van der Waals surface area contributed by atoms with Crippen molar-refractivity contribution >= 4 is 5.97 Å². The van der Waals surface area contributed by atoms with Crippen LogP contribution in [0.2, 0.25) is 0 Å². The Kier molecular flexibility index (Phi) is 5.32. The zero-order valence-electron chi connectivity index (χ0n) is 12.6. The molecule has 0 saturated carbocycles. The van der Waals surface area contributed by atoms with Crippen LogP contribution in [0.1, 0.15) is 18.5 Å². The summed E-state index contributed by atoms with van der Waals surface area (Å²) < 4.78 is 67.4. The van der Waals surface area contributed by atoms with Gasteiger partial charge in [0.25, 0.3) is 0 Å². The van der Waals surface area contributed by atoms with Crippen LogP contribution in [0.25, 0.3) is 0 Å². The minimum absolute atomic E-state index is 0.0565. The topological polar surface area (TPSA) is 49.8 Å². The van der Waals surface area contributed by atoms with Crippen LogP contribution in [-0.2, 0) is 4.79 Å². The van der Waals surface area contributed by atoms with Crippen LogP contribution in [-0.4, -0.2) is 41.9 Å². The molecule has 0 bridgehead atoms. The Labute approximate surface area is 134 Å². The van der Waals surface area contributed by atoms with Gasteiger partial charge in [0, 0.05) is 19.1 Å². The molecule has 1 unspecified atom stereocenters. The van der Waals surface area contributed by atoms with Crippen molar-refractivity contribution in [3.63, 3.8) is 0 Å². The van der Waals surface area contributed by atoms with E-state index in [0.29, 0.717) is 5.56 Å². The third-order valence-corrected chi connectivity index (χ3v) is 4.22. The number of aliphatic carboxylic acids is 1. The third-order valence-electron chi connectivity index (χ3n) is 4.22. The normalized spacial score (nSPS) is 23.5. The molecule has 1 N–H and O–H groups in total. The molecule has 0 aromatic heterocycles. The molecule has 1 aromatic rings. The van der Waals surface area contributed by atoms with Gasteiger partial charge in [0.05, 0.1) is 11.8 Å². The average molecular weight is 353 g/mol. The number of hydrogen-bond acceptors (Lipinski definition) is 3. The molecule has 134 valence electrons. The summed E-state index contributed by atoms with van der Waals surface area (Å²) in [5, 5.41) is 9.02. The van der Waals surface area contributed by atoms with E-state index in [1.807, 2.05) is 0 Å². The summed E-state index contributed by atoms with van der Waals surface area (Å²) in [4.78, 5) is 12.5. The zero-order valence-corrected chi connectivity index (χ0v) is 12.6. The van der Waals surface area contributed by atoms with Crippen LogP contribution < -0.4 is 4.74 Å². The van der Waals surface area contributed by atoms with Crippen LogP contribution in [0.4, 0.5) is 22.0 Å². The molecule has 3 atom stereocenters. The fraction of sp³-hybridized carbons (Fsp3) is 0.533. The summed E-state index contributed by atoms with van der Waals surface area (Å²) in [6, 6.07) is 5.05. The maximum atomic E-state index is 13.0. The molecule has 2 rings (SSSR count). The fourth-order valence-corrected chi connectivity index (χ4v) is 2.87. The van der Waals surface area contributed by atoms with Crippen molar-refractivity contribution in [3.8, 4) is 5.75 Å². The molecule has 1 saturated heterocycles. The number of halogens is 5. The van der Waals surface area contributed by atoms with Gasteiger partial charge in [-0.05, 0) is 24.6 Å². The molecule has 0 radical (unpaired) electrons. The second-order valence-corrected chi connectivity index (χ2v) is 5.67. The maximum absolute atomic E-state index is 13.0. The number of carboxylic acid groups (broad SMARTS) is 1. The second-order valence-electron chi connectivity index (χ2n) is 5.67. The Morgan fingerprint density at radius 1 is 1.25 bits per heavy atom. The van der Waals surface area contributed by atoms with Gasteiger partial charge in [-0.15, -0.1) is 0 Å². The standard InChI is InChI=1S/C15H16F5NO3/c1-8(9-2-4-10(5-3-9)24-14(16)17)21-6-11(13(22)23)12(7-21)15(18,19)20/h2-5,8,11-12,14H,6-7H2,1H3,(H,22,23)/t8?,11-,12-/m1/s1. The summed E-state index contributed by atoms with van der Waals surface area (Å²) in [5.41, 5.74) is 0.587. The highest BCUT2D eigenvalue weighted by molar-refractivity contribution is 5.71. The van der Waals surface area contributed by atoms with Crippen molar-refractivity contribution in [3.05, 3.63) is 29.8 Å². The van der Waals surface area contributed by atoms with Gasteiger partial charge in [0.2, 0.25) is 0 Å². The van der Waals surface area contributed by atoms with Gasteiger partial charge in [0.1, 0.15) is 5.75 Å². The van der Waals surface area contributed by atoms with Gasteiger partial charge in [0.15, 0.2) is 0 Å². The highest BCUT2D eigenvalue weighted by atomic mass is 19.4. The number of carboxylic acids is 1. The highest BCUT2D eigenvalue weighted by Crippen LogP contribution is 2.40. The molecular formula is C15H16F5NO3. The number of alkyl halides is 5. The van der Waals surface area contributed by atoms with Crippen molar-refractivity contribution < 1.29 is 36.6 Å². The Morgan fingerprint density at radius 2 is 1.83 bits per heavy atom. The van der Waals surface area contributed by atoms with Crippen LogP contribution >= 0.6 is 0 Å². The van der Waals surface area contributed by atoms with E-state index in [-0.39, 0.29) is 12.3 Å². The van der Waals surface area contributed by atoms with Gasteiger partial charge in [-0.25, -0.2) is 0 Å². The monoisotopic (exact) mass is 353 g/mol. The van der Waals surface area contributed by atoms with E-state index in [1.165, 1.54) is 29.2 Å². The molecular weight excluding hydrogens is 337 g/mol. The number of hydrogen-bond donors (Lipinski definition) is 1. The first-order valence-corrected chi connectivity index (χ1v) is 7.18. The van der Waals surface area contributed by atoms with Crippen LogP contribution in [0.15, 0.2) is 24.3 Å². The first kappa shape index (κ1) is 18.4. The Hall–Kier alpha value is -1.90. The summed E-state index contributed by atoms with van der Waals surface area (Å²) in [6.45, 7) is -1.97. The molecule has 4 nitrogen and oxygen atoms in total. The van der Waals surface area contributed by atoms with Gasteiger partial charge >= 0.3 is 18.8 Å². The lowest BCUT2D eigenvalue weighted by molar-refractivity contribution is -0.188. The van der Waals surface area contributed by atoms with Gasteiger partial charge in [-0.2, -0.15) is 22.0 Å². The maximum Gasteiger partial charge on any atom is 0.393 e. The Balaban J connectivity index is 2.12. The number of carbonyl (C=O) groups is 1. The summed E-state index contributed by atoms with van der Waals surface area (Å²) in [5.74, 6) is -4.99. The molecule has 0 spiro atoms. The lowest BCUT2D eigenvalue weighted by atomic mass is 9.96. The van der Waals surface area contributed by atoms with Crippen molar-refractivity contribution in [2.45, 2.75) is 25.8 Å². The molecule has 9 heteroatoms. The quantitative estimate of drug-likeness (QED) is 0.823. The summed E-state index contributed by atoms with van der Waals surface area (Å²) in [7, 11) is 0. The Bertz CT molecular complexity index is 575. The molecule has 1 aromatic carbocycles. The van der Waals surface area contributed by atoms with E-state index in [4.69, 9.17) is 5.11 Å². The third kappa shape index (κ3) is 4.14. The van der Waals surface area contributed by atoms with Crippen LogP contribution in [0.5, 0.6) is 5.75 Å². The van der Waals surface area contributed by atoms with Crippen molar-refractivity contribution in [2.24, 2.45) is 11.8 Å². The number of rotatable bonds is 5. The number of ether oxygens (including phenoxy) is 1. The number of benzene rings is 1. The number of nitrogens with zero attached hydrogens (tertiary/aromatic N) is 1.